The van der Waals surface area contributed by atoms with Crippen LogP contribution in [0.5, 0.6) is 0 Å². The number of fused-ring (bicyclic) bond motifs is 1. The lowest BCUT2D eigenvalue weighted by Gasteiger charge is -2.15. The van der Waals surface area contributed by atoms with Gasteiger partial charge in [0.15, 0.2) is 11.8 Å². The van der Waals surface area contributed by atoms with Crippen molar-refractivity contribution in [2.45, 2.75) is 13.0 Å². The topological polar surface area (TPSA) is 100 Å². The van der Waals surface area contributed by atoms with Gasteiger partial charge in [0, 0.05) is 29.4 Å². The number of imidazole rings is 1. The average molecular weight is 430 g/mol. The quantitative estimate of drug-likeness (QED) is 0.620. The second-order valence-corrected chi connectivity index (χ2v) is 7.04. The molecule has 2 N–H and O–H groups in total. The zero-order valence-corrected chi connectivity index (χ0v) is 16.0. The number of hydrogen-bond acceptors (Lipinski definition) is 5. The number of esters is 1. The Hall–Kier alpha value is -2.94. The predicted octanol–water partition coefficient (Wildman–Crippen LogP) is 3.17. The number of hydrogen-bond donors (Lipinski definition) is 2. The Balaban J connectivity index is 1.46. The molecule has 3 aromatic rings. The van der Waals surface area contributed by atoms with Gasteiger partial charge >= 0.3 is 12.0 Å². The van der Waals surface area contributed by atoms with Crippen LogP contribution in [0.4, 0.5) is 10.5 Å². The van der Waals surface area contributed by atoms with Crippen LogP contribution in [-0.4, -0.2) is 40.0 Å². The number of benzene rings is 1. The van der Waals surface area contributed by atoms with E-state index in [9.17, 15) is 9.59 Å². The molecule has 8 nitrogen and oxygen atoms in total. The normalized spacial score (nSPS) is 15.0. The summed E-state index contributed by atoms with van der Waals surface area (Å²) in [6.07, 6.45) is 1.10. The second-order valence-electron chi connectivity index (χ2n) is 6.12. The minimum absolute atomic E-state index is 0.135. The molecule has 1 aliphatic rings. The summed E-state index contributed by atoms with van der Waals surface area (Å²) in [4.78, 5) is 37.4. The smallest absolute Gasteiger partial charge is 0.338 e. The van der Waals surface area contributed by atoms with E-state index in [0.29, 0.717) is 30.1 Å². The molecular formula is C18H16BrN5O3. The highest BCUT2D eigenvalue weighted by atomic mass is 79.9. The highest BCUT2D eigenvalue weighted by Gasteiger charge is 2.22. The van der Waals surface area contributed by atoms with E-state index in [1.165, 1.54) is 0 Å². The molecule has 0 saturated carbocycles. The maximum atomic E-state index is 12.4. The van der Waals surface area contributed by atoms with Gasteiger partial charge < -0.3 is 15.0 Å². The monoisotopic (exact) mass is 429 g/mol. The molecular weight excluding hydrogens is 414 g/mol. The van der Waals surface area contributed by atoms with Gasteiger partial charge in [-0.15, -0.1) is 0 Å². The van der Waals surface area contributed by atoms with Crippen molar-refractivity contribution in [2.75, 3.05) is 18.0 Å². The molecule has 1 atom stereocenters. The first kappa shape index (κ1) is 17.5. The molecule has 1 aromatic carbocycles. The number of rotatable bonds is 4. The largest absolute Gasteiger partial charge is 0.451 e. The minimum atomic E-state index is -0.561. The van der Waals surface area contributed by atoms with Crippen molar-refractivity contribution in [2.24, 2.45) is 0 Å². The van der Waals surface area contributed by atoms with Crippen LogP contribution in [0.1, 0.15) is 29.2 Å². The van der Waals surface area contributed by atoms with Crippen LogP contribution in [0.25, 0.3) is 11.2 Å². The lowest BCUT2D eigenvalue weighted by atomic mass is 10.2. The number of pyridine rings is 1. The van der Waals surface area contributed by atoms with E-state index >= 15 is 0 Å². The van der Waals surface area contributed by atoms with Gasteiger partial charge in [-0.2, -0.15) is 0 Å². The zero-order chi connectivity index (χ0) is 19.0. The first-order valence-electron chi connectivity index (χ1n) is 8.39. The molecule has 1 aliphatic heterocycles. The van der Waals surface area contributed by atoms with Crippen LogP contribution in [0.15, 0.2) is 41.0 Å². The van der Waals surface area contributed by atoms with E-state index in [0.717, 1.165) is 15.7 Å². The Morgan fingerprint density at radius 1 is 1.33 bits per heavy atom. The molecule has 4 rings (SSSR count). The fourth-order valence-electron chi connectivity index (χ4n) is 2.87. The number of urea groups is 1. The van der Waals surface area contributed by atoms with Gasteiger partial charge in [-0.25, -0.2) is 19.6 Å². The number of aromatic nitrogens is 3. The highest BCUT2D eigenvalue weighted by molar-refractivity contribution is 9.10. The van der Waals surface area contributed by atoms with Crippen molar-refractivity contribution in [3.05, 3.63) is 52.4 Å². The molecule has 138 valence electrons. The van der Waals surface area contributed by atoms with Crippen LogP contribution in [-0.2, 0) is 4.74 Å². The number of amides is 2. The molecule has 3 heterocycles. The van der Waals surface area contributed by atoms with Crippen molar-refractivity contribution < 1.29 is 14.3 Å². The predicted molar refractivity (Wildman–Crippen MR) is 103 cm³/mol. The third-order valence-electron chi connectivity index (χ3n) is 4.26. The first-order valence-corrected chi connectivity index (χ1v) is 9.18. The summed E-state index contributed by atoms with van der Waals surface area (Å²) in [5.41, 5.74) is 2.46. The van der Waals surface area contributed by atoms with Gasteiger partial charge in [0.2, 0.25) is 0 Å². The Morgan fingerprint density at radius 3 is 2.81 bits per heavy atom. The molecule has 0 radical (unpaired) electrons. The van der Waals surface area contributed by atoms with E-state index in [2.05, 4.69) is 36.2 Å². The van der Waals surface area contributed by atoms with E-state index in [1.807, 2.05) is 6.07 Å². The third kappa shape index (κ3) is 3.50. The molecule has 1 fully saturated rings. The number of nitrogens with one attached hydrogen (secondary N) is 2. The van der Waals surface area contributed by atoms with Crippen molar-refractivity contribution >= 4 is 44.8 Å². The SMILES string of the molecule is CC(OC(=O)c1ccc(N2CCNC2=O)cc1)c1nc2ncc(Br)cc2[nH]1. The molecule has 0 bridgehead atoms. The number of anilines is 1. The Morgan fingerprint density at radius 2 is 2.11 bits per heavy atom. The van der Waals surface area contributed by atoms with Crippen LogP contribution < -0.4 is 10.2 Å². The lowest BCUT2D eigenvalue weighted by Crippen LogP contribution is -2.27. The van der Waals surface area contributed by atoms with Crippen molar-refractivity contribution in [1.82, 2.24) is 20.3 Å². The summed E-state index contributed by atoms with van der Waals surface area (Å²) in [7, 11) is 0. The standard InChI is InChI=1S/C18H16BrN5O3/c1-10(15-22-14-8-12(19)9-21-16(14)23-15)27-17(25)11-2-4-13(5-3-11)24-7-6-20-18(24)26/h2-5,8-10H,6-7H2,1H3,(H,20,26)(H,21,22,23). The molecule has 1 saturated heterocycles. The molecule has 1 unspecified atom stereocenters. The van der Waals surface area contributed by atoms with E-state index in [4.69, 9.17) is 4.74 Å². The maximum absolute atomic E-state index is 12.4. The van der Waals surface area contributed by atoms with Gasteiger partial charge in [-0.3, -0.25) is 4.90 Å². The average Bonchev–Trinajstić information content (AvgIpc) is 3.27. The fraction of sp³-hybridized carbons (Fsp3) is 0.222. The fourth-order valence-corrected chi connectivity index (χ4v) is 3.20. The number of H-pyrrole nitrogens is 1. The number of halogens is 1. The summed E-state index contributed by atoms with van der Waals surface area (Å²) in [5, 5.41) is 2.74. The summed E-state index contributed by atoms with van der Waals surface area (Å²) < 4.78 is 6.34. The summed E-state index contributed by atoms with van der Waals surface area (Å²) in [6, 6.07) is 8.48. The Kier molecular flexibility index (Phi) is 4.53. The Labute approximate surface area is 163 Å². The summed E-state index contributed by atoms with van der Waals surface area (Å²) >= 11 is 3.36. The lowest BCUT2D eigenvalue weighted by molar-refractivity contribution is 0.0322. The highest BCUT2D eigenvalue weighted by Crippen LogP contribution is 2.22. The third-order valence-corrected chi connectivity index (χ3v) is 4.70. The molecule has 2 aromatic heterocycles. The van der Waals surface area contributed by atoms with E-state index in [-0.39, 0.29) is 6.03 Å². The van der Waals surface area contributed by atoms with Crippen LogP contribution in [0, 0.1) is 0 Å². The molecule has 27 heavy (non-hydrogen) atoms. The van der Waals surface area contributed by atoms with E-state index in [1.54, 1.807) is 42.3 Å². The summed E-state index contributed by atoms with van der Waals surface area (Å²) in [5.74, 6) is 0.0591. The van der Waals surface area contributed by atoms with Crippen molar-refractivity contribution in [1.29, 1.82) is 0 Å². The van der Waals surface area contributed by atoms with Crippen molar-refractivity contribution in [3.8, 4) is 0 Å². The Bertz CT molecular complexity index is 1020. The molecule has 2 amide bonds. The van der Waals surface area contributed by atoms with Crippen LogP contribution in [0.3, 0.4) is 0 Å². The van der Waals surface area contributed by atoms with Crippen LogP contribution in [0.2, 0.25) is 0 Å². The number of carbonyl (C=O) groups excluding carboxylic acids is 2. The number of carbonyl (C=O) groups is 2. The summed E-state index contributed by atoms with van der Waals surface area (Å²) in [6.45, 7) is 2.96. The van der Waals surface area contributed by atoms with Gasteiger partial charge in [-0.1, -0.05) is 0 Å². The number of aromatic amines is 1. The van der Waals surface area contributed by atoms with Crippen LogP contribution >= 0.6 is 15.9 Å². The minimum Gasteiger partial charge on any atom is -0.451 e. The molecule has 0 spiro atoms. The molecule has 9 heteroatoms. The zero-order valence-electron chi connectivity index (χ0n) is 14.4. The van der Waals surface area contributed by atoms with Gasteiger partial charge in [0.25, 0.3) is 0 Å². The van der Waals surface area contributed by atoms with Gasteiger partial charge in [-0.05, 0) is 53.2 Å². The maximum Gasteiger partial charge on any atom is 0.338 e. The number of nitrogens with zero attached hydrogens (tertiary/aromatic N) is 3. The van der Waals surface area contributed by atoms with Gasteiger partial charge in [0.1, 0.15) is 5.82 Å². The first-order chi connectivity index (χ1) is 13.0. The van der Waals surface area contributed by atoms with E-state index < -0.39 is 12.1 Å². The van der Waals surface area contributed by atoms with Crippen molar-refractivity contribution in [3.63, 3.8) is 0 Å². The number of ether oxygens (including phenoxy) is 1. The molecule has 0 aliphatic carbocycles. The van der Waals surface area contributed by atoms with Gasteiger partial charge in [0.05, 0.1) is 11.1 Å². The second kappa shape index (κ2) is 6.99.